The van der Waals surface area contributed by atoms with Crippen LogP contribution in [0.3, 0.4) is 0 Å². The van der Waals surface area contributed by atoms with Gasteiger partial charge >= 0.3 is 0 Å². The number of hydrogen-bond acceptors (Lipinski definition) is 8. The molecule has 1 aromatic carbocycles. The number of aromatic nitrogens is 2. The van der Waals surface area contributed by atoms with Crippen LogP contribution in [-0.2, 0) is 9.59 Å². The van der Waals surface area contributed by atoms with Gasteiger partial charge in [-0.15, -0.1) is 0 Å². The molecule has 1 aromatic heterocycles. The molecule has 2 amide bonds. The molecule has 0 radical (unpaired) electrons. The van der Waals surface area contributed by atoms with Gasteiger partial charge in [-0.1, -0.05) is 0 Å². The van der Waals surface area contributed by atoms with Crippen LogP contribution in [0.1, 0.15) is 44.1 Å². The highest BCUT2D eigenvalue weighted by Gasteiger charge is 2.36. The second-order valence-electron chi connectivity index (χ2n) is 8.40. The molecule has 0 bridgehead atoms. The molecule has 11 heteroatoms. The van der Waals surface area contributed by atoms with E-state index in [0.717, 1.165) is 25.8 Å². The van der Waals surface area contributed by atoms with Crippen molar-refractivity contribution >= 4 is 29.3 Å². The third kappa shape index (κ3) is 4.37. The maximum absolute atomic E-state index is 13.2. The van der Waals surface area contributed by atoms with E-state index < -0.39 is 17.4 Å². The number of methoxy groups -OCH3 is 3. The first-order valence-electron chi connectivity index (χ1n) is 11.2. The summed E-state index contributed by atoms with van der Waals surface area (Å²) >= 11 is 0. The van der Waals surface area contributed by atoms with Gasteiger partial charge in [-0.05, 0) is 26.2 Å². The molecule has 3 N–H and O–H groups in total. The van der Waals surface area contributed by atoms with E-state index in [1.54, 1.807) is 12.1 Å². The summed E-state index contributed by atoms with van der Waals surface area (Å²) in [6.45, 7) is 2.84. The van der Waals surface area contributed by atoms with Gasteiger partial charge in [-0.25, -0.2) is 0 Å². The highest BCUT2D eigenvalue weighted by molar-refractivity contribution is 6.04. The van der Waals surface area contributed by atoms with Crippen LogP contribution in [0.2, 0.25) is 0 Å². The predicted molar refractivity (Wildman–Crippen MR) is 126 cm³/mol. The summed E-state index contributed by atoms with van der Waals surface area (Å²) in [6, 6.07) is 3.37. The van der Waals surface area contributed by atoms with Crippen LogP contribution in [0.4, 0.5) is 17.5 Å². The first-order valence-corrected chi connectivity index (χ1v) is 11.2. The summed E-state index contributed by atoms with van der Waals surface area (Å²) in [4.78, 5) is 48.1. The van der Waals surface area contributed by atoms with Crippen LogP contribution < -0.4 is 35.3 Å². The van der Waals surface area contributed by atoms with Crippen LogP contribution in [-0.4, -0.2) is 55.7 Å². The number of nitrogens with one attached hydrogen (secondary N) is 3. The second kappa shape index (κ2) is 9.62. The van der Waals surface area contributed by atoms with Gasteiger partial charge in [-0.3, -0.25) is 19.4 Å². The summed E-state index contributed by atoms with van der Waals surface area (Å²) in [5, 5.41) is 5.42. The van der Waals surface area contributed by atoms with E-state index >= 15 is 0 Å². The van der Waals surface area contributed by atoms with Crippen molar-refractivity contribution < 1.29 is 23.8 Å². The number of H-pyrrole nitrogens is 1. The Morgan fingerprint density at radius 2 is 1.82 bits per heavy atom. The fraction of sp³-hybridized carbons (Fsp3) is 0.478. The number of amides is 2. The lowest BCUT2D eigenvalue weighted by molar-refractivity contribution is -0.123. The second-order valence-corrected chi connectivity index (χ2v) is 8.40. The molecule has 11 nitrogen and oxygen atoms in total. The van der Waals surface area contributed by atoms with Gasteiger partial charge in [-0.2, -0.15) is 4.98 Å². The molecule has 0 aliphatic carbocycles. The quantitative estimate of drug-likeness (QED) is 0.584. The molecule has 2 atom stereocenters. The number of fused-ring (bicyclic) bond motifs is 1. The molecule has 0 saturated carbocycles. The molecule has 2 aromatic rings. The summed E-state index contributed by atoms with van der Waals surface area (Å²) in [5.74, 6) is -0.278. The monoisotopic (exact) mass is 471 g/mol. The van der Waals surface area contributed by atoms with Gasteiger partial charge in [0, 0.05) is 36.8 Å². The van der Waals surface area contributed by atoms with Gasteiger partial charge in [0.05, 0.1) is 32.8 Å². The van der Waals surface area contributed by atoms with E-state index in [2.05, 4.69) is 27.5 Å². The number of piperidine rings is 1. The van der Waals surface area contributed by atoms with Crippen LogP contribution in [0.15, 0.2) is 16.9 Å². The Hall–Kier alpha value is -3.76. The summed E-state index contributed by atoms with van der Waals surface area (Å²) in [7, 11) is 4.42. The highest BCUT2D eigenvalue weighted by atomic mass is 16.5. The van der Waals surface area contributed by atoms with Crippen molar-refractivity contribution in [3.63, 3.8) is 0 Å². The Kier molecular flexibility index (Phi) is 6.62. The van der Waals surface area contributed by atoms with Crippen molar-refractivity contribution in [3.8, 4) is 17.2 Å². The fourth-order valence-electron chi connectivity index (χ4n) is 4.51. The van der Waals surface area contributed by atoms with Crippen molar-refractivity contribution in [2.24, 2.45) is 0 Å². The van der Waals surface area contributed by atoms with Crippen molar-refractivity contribution in [1.29, 1.82) is 0 Å². The van der Waals surface area contributed by atoms with Gasteiger partial charge in [0.15, 0.2) is 11.5 Å². The number of aromatic amines is 1. The molecule has 1 fully saturated rings. The molecule has 2 aliphatic rings. The lowest BCUT2D eigenvalue weighted by Crippen LogP contribution is -2.42. The van der Waals surface area contributed by atoms with Gasteiger partial charge in [0.1, 0.15) is 5.82 Å². The first kappa shape index (κ1) is 23.4. The fourth-order valence-corrected chi connectivity index (χ4v) is 4.51. The molecule has 0 spiro atoms. The van der Waals surface area contributed by atoms with Crippen molar-refractivity contribution in [2.45, 2.75) is 44.6 Å². The number of carbonyl (C=O) groups is 2. The summed E-state index contributed by atoms with van der Waals surface area (Å²) in [5.41, 5.74) is 0.0657. The average Bonchev–Trinajstić information content (AvgIpc) is 2.82. The third-order valence-corrected chi connectivity index (χ3v) is 6.26. The van der Waals surface area contributed by atoms with Gasteiger partial charge in [0.2, 0.25) is 23.5 Å². The molecule has 1 saturated heterocycles. The van der Waals surface area contributed by atoms with Crippen LogP contribution in [0, 0.1) is 0 Å². The number of nitrogens with zero attached hydrogens (tertiary/aromatic N) is 2. The van der Waals surface area contributed by atoms with E-state index in [1.807, 2.05) is 4.90 Å². The number of hydrogen-bond donors (Lipinski definition) is 3. The van der Waals surface area contributed by atoms with E-state index in [-0.39, 0.29) is 29.8 Å². The SMILES string of the molecule is COc1cc(NC(=O)[C@@H]2CC(=O)Nc3nc(N4CCCC[C@H]4C)[nH]c(=O)c32)cc(OC)c1OC. The minimum Gasteiger partial charge on any atom is -0.493 e. The van der Waals surface area contributed by atoms with E-state index in [4.69, 9.17) is 14.2 Å². The molecule has 3 heterocycles. The maximum atomic E-state index is 13.2. The zero-order chi connectivity index (χ0) is 24.4. The topological polar surface area (TPSA) is 135 Å². The van der Waals surface area contributed by atoms with E-state index in [0.29, 0.717) is 28.9 Å². The molecule has 34 heavy (non-hydrogen) atoms. The largest absolute Gasteiger partial charge is 0.493 e. The minimum atomic E-state index is -1.01. The van der Waals surface area contributed by atoms with Gasteiger partial charge in [0.25, 0.3) is 5.56 Å². The molecular weight excluding hydrogens is 442 g/mol. The number of rotatable bonds is 6. The van der Waals surface area contributed by atoms with Crippen LogP contribution in [0.25, 0.3) is 0 Å². The maximum Gasteiger partial charge on any atom is 0.258 e. The van der Waals surface area contributed by atoms with Gasteiger partial charge < -0.3 is 29.7 Å². The zero-order valence-corrected chi connectivity index (χ0v) is 19.7. The standard InChI is InChI=1S/C23H29N5O6/c1-12-7-5-6-8-28(12)23-26-20-18(22(31)27-23)14(11-17(29)25-20)21(30)24-13-9-15(32-2)19(34-4)16(10-13)33-3/h9-10,12,14H,5-8,11H2,1-4H3,(H,24,30)(H2,25,26,27,29,31)/t12-,14-/m1/s1. The third-order valence-electron chi connectivity index (χ3n) is 6.26. The number of carbonyl (C=O) groups excluding carboxylic acids is 2. The number of ether oxygens (including phenoxy) is 3. The molecular formula is C23H29N5O6. The Labute approximate surface area is 196 Å². The number of anilines is 3. The predicted octanol–water partition coefficient (Wildman–Crippen LogP) is 2.24. The average molecular weight is 472 g/mol. The smallest absolute Gasteiger partial charge is 0.258 e. The Morgan fingerprint density at radius 1 is 1.12 bits per heavy atom. The van der Waals surface area contributed by atoms with Crippen molar-refractivity contribution in [1.82, 2.24) is 9.97 Å². The van der Waals surface area contributed by atoms with Crippen LogP contribution >= 0.6 is 0 Å². The molecule has 2 aliphatic heterocycles. The lowest BCUT2D eigenvalue weighted by atomic mass is 9.92. The Balaban J connectivity index is 1.66. The summed E-state index contributed by atoms with van der Waals surface area (Å²) in [6.07, 6.45) is 2.94. The highest BCUT2D eigenvalue weighted by Crippen LogP contribution is 2.40. The zero-order valence-electron chi connectivity index (χ0n) is 19.7. The summed E-state index contributed by atoms with van der Waals surface area (Å²) < 4.78 is 16.0. The lowest BCUT2D eigenvalue weighted by Gasteiger charge is -2.34. The van der Waals surface area contributed by atoms with Crippen molar-refractivity contribution in [3.05, 3.63) is 28.0 Å². The number of benzene rings is 1. The molecule has 4 rings (SSSR count). The minimum absolute atomic E-state index is 0.123. The Morgan fingerprint density at radius 3 is 2.44 bits per heavy atom. The van der Waals surface area contributed by atoms with E-state index in [9.17, 15) is 14.4 Å². The molecule has 182 valence electrons. The first-order chi connectivity index (χ1) is 16.4. The van der Waals surface area contributed by atoms with E-state index in [1.165, 1.54) is 21.3 Å². The normalized spacial score (nSPS) is 19.6. The van der Waals surface area contributed by atoms with Crippen molar-refractivity contribution in [2.75, 3.05) is 43.4 Å². The van der Waals surface area contributed by atoms with Crippen LogP contribution in [0.5, 0.6) is 17.2 Å². The molecule has 0 unspecified atom stereocenters. The Bertz CT molecular complexity index is 1140.